The van der Waals surface area contributed by atoms with Crippen molar-refractivity contribution in [2.24, 2.45) is 5.16 Å². The van der Waals surface area contributed by atoms with Gasteiger partial charge in [-0.2, -0.15) is 0 Å². The third kappa shape index (κ3) is 4.79. The molecule has 4 nitrogen and oxygen atoms in total. The van der Waals surface area contributed by atoms with Crippen molar-refractivity contribution in [1.82, 2.24) is 4.90 Å². The van der Waals surface area contributed by atoms with Crippen LogP contribution in [0.4, 0.5) is 8.78 Å². The number of aryl methyl sites for hydroxylation is 1. The molecule has 0 aromatic heterocycles. The fourth-order valence-corrected chi connectivity index (χ4v) is 3.71. The van der Waals surface area contributed by atoms with Gasteiger partial charge in [-0.1, -0.05) is 53.7 Å². The van der Waals surface area contributed by atoms with Crippen molar-refractivity contribution < 1.29 is 18.4 Å². The topological polar surface area (TPSA) is 41.9 Å². The zero-order valence-electron chi connectivity index (χ0n) is 17.1. The maximum atomic E-state index is 14.3. The summed E-state index contributed by atoms with van der Waals surface area (Å²) in [5, 5.41) is 4.22. The summed E-state index contributed by atoms with van der Waals surface area (Å²) >= 11 is 0. The average Bonchev–Trinajstić information content (AvgIpc) is 3.22. The second-order valence-corrected chi connectivity index (χ2v) is 7.58. The molecule has 1 heterocycles. The third-order valence-electron chi connectivity index (χ3n) is 5.27. The summed E-state index contributed by atoms with van der Waals surface area (Å²) in [6.45, 7) is 2.33. The SMILES string of the molecule is Cc1ccccc1C1=NO[C@H](CN(Cc2cccc(F)c2)C(=O)c2ccccc2F)C1. The molecule has 0 fully saturated rings. The first kappa shape index (κ1) is 20.7. The number of nitrogens with zero attached hydrogens (tertiary/aromatic N) is 2. The van der Waals surface area contributed by atoms with Crippen LogP contribution < -0.4 is 0 Å². The van der Waals surface area contributed by atoms with Gasteiger partial charge < -0.3 is 9.74 Å². The predicted octanol–water partition coefficient (Wildman–Crippen LogP) is 5.11. The quantitative estimate of drug-likeness (QED) is 0.556. The van der Waals surface area contributed by atoms with E-state index >= 15 is 0 Å². The Morgan fingerprint density at radius 1 is 1.06 bits per heavy atom. The van der Waals surface area contributed by atoms with Gasteiger partial charge in [0.25, 0.3) is 5.91 Å². The largest absolute Gasteiger partial charge is 0.390 e. The van der Waals surface area contributed by atoms with E-state index < -0.39 is 17.5 Å². The van der Waals surface area contributed by atoms with E-state index in [1.165, 1.54) is 35.2 Å². The smallest absolute Gasteiger partial charge is 0.257 e. The number of halogens is 2. The molecule has 1 aliphatic rings. The van der Waals surface area contributed by atoms with Crippen LogP contribution >= 0.6 is 0 Å². The molecule has 0 saturated heterocycles. The summed E-state index contributed by atoms with van der Waals surface area (Å²) in [7, 11) is 0. The Balaban J connectivity index is 1.54. The molecule has 0 N–H and O–H groups in total. The van der Waals surface area contributed by atoms with Gasteiger partial charge in [-0.25, -0.2) is 8.78 Å². The summed E-state index contributed by atoms with van der Waals surface area (Å²) in [5.74, 6) is -1.46. The van der Waals surface area contributed by atoms with Crippen molar-refractivity contribution in [2.75, 3.05) is 6.54 Å². The summed E-state index contributed by atoms with van der Waals surface area (Å²) in [4.78, 5) is 20.2. The fraction of sp³-hybridized carbons (Fsp3) is 0.200. The van der Waals surface area contributed by atoms with Gasteiger partial charge >= 0.3 is 0 Å². The molecule has 0 bridgehead atoms. The van der Waals surface area contributed by atoms with E-state index in [1.54, 1.807) is 18.2 Å². The number of benzene rings is 3. The first-order chi connectivity index (χ1) is 15.0. The fourth-order valence-electron chi connectivity index (χ4n) is 3.71. The highest BCUT2D eigenvalue weighted by atomic mass is 19.1. The molecule has 0 unspecified atom stereocenters. The molecule has 0 radical (unpaired) electrons. The Kier molecular flexibility index (Phi) is 6.07. The highest BCUT2D eigenvalue weighted by Crippen LogP contribution is 2.22. The number of rotatable bonds is 6. The van der Waals surface area contributed by atoms with Gasteiger partial charge in [0.1, 0.15) is 11.6 Å². The summed E-state index contributed by atoms with van der Waals surface area (Å²) in [5.41, 5.74) is 3.48. The first-order valence-electron chi connectivity index (χ1n) is 10.1. The second-order valence-electron chi connectivity index (χ2n) is 7.58. The second kappa shape index (κ2) is 9.08. The number of hydrogen-bond acceptors (Lipinski definition) is 3. The molecular formula is C25H22F2N2O2. The lowest BCUT2D eigenvalue weighted by Crippen LogP contribution is -2.37. The van der Waals surface area contributed by atoms with Crippen LogP contribution in [-0.4, -0.2) is 29.2 Å². The van der Waals surface area contributed by atoms with Crippen LogP contribution in [0.3, 0.4) is 0 Å². The van der Waals surface area contributed by atoms with Gasteiger partial charge in [0.15, 0.2) is 6.10 Å². The molecule has 3 aromatic rings. The van der Waals surface area contributed by atoms with Crippen molar-refractivity contribution in [3.8, 4) is 0 Å². The average molecular weight is 420 g/mol. The summed E-state index contributed by atoms with van der Waals surface area (Å²) < 4.78 is 28.0. The van der Waals surface area contributed by atoms with Crippen LogP contribution in [0.2, 0.25) is 0 Å². The number of carbonyl (C=O) groups is 1. The van der Waals surface area contributed by atoms with Crippen molar-refractivity contribution in [3.63, 3.8) is 0 Å². The Morgan fingerprint density at radius 3 is 2.61 bits per heavy atom. The number of carbonyl (C=O) groups excluding carboxylic acids is 1. The zero-order valence-corrected chi connectivity index (χ0v) is 17.1. The van der Waals surface area contributed by atoms with Crippen LogP contribution in [0.15, 0.2) is 78.0 Å². The zero-order chi connectivity index (χ0) is 21.8. The maximum absolute atomic E-state index is 14.3. The van der Waals surface area contributed by atoms with Crippen LogP contribution in [0, 0.1) is 18.6 Å². The number of amides is 1. The predicted molar refractivity (Wildman–Crippen MR) is 115 cm³/mol. The van der Waals surface area contributed by atoms with E-state index in [1.807, 2.05) is 31.2 Å². The minimum Gasteiger partial charge on any atom is -0.390 e. The lowest BCUT2D eigenvalue weighted by atomic mass is 10.00. The molecule has 0 spiro atoms. The molecule has 158 valence electrons. The van der Waals surface area contributed by atoms with Gasteiger partial charge in [0.05, 0.1) is 17.8 Å². The van der Waals surface area contributed by atoms with E-state index in [-0.39, 0.29) is 24.8 Å². The Labute approximate surface area is 179 Å². The normalized spacial score (nSPS) is 15.3. The summed E-state index contributed by atoms with van der Waals surface area (Å²) in [6.07, 6.45) is 0.147. The highest BCUT2D eigenvalue weighted by molar-refractivity contribution is 6.02. The first-order valence-corrected chi connectivity index (χ1v) is 10.1. The third-order valence-corrected chi connectivity index (χ3v) is 5.27. The summed E-state index contributed by atoms with van der Waals surface area (Å²) in [6, 6.07) is 19.8. The van der Waals surface area contributed by atoms with Gasteiger partial charge in [0.2, 0.25) is 0 Å². The maximum Gasteiger partial charge on any atom is 0.257 e. The van der Waals surface area contributed by atoms with Gasteiger partial charge in [-0.15, -0.1) is 0 Å². The van der Waals surface area contributed by atoms with E-state index in [4.69, 9.17) is 4.84 Å². The standard InChI is InChI=1S/C25H22F2N2O2/c1-17-7-2-3-10-21(17)24-14-20(31-28-24)16-29(15-18-8-6-9-19(26)13-18)25(30)22-11-4-5-12-23(22)27/h2-13,20H,14-16H2,1H3/t20-/m0/s1. The molecule has 1 amide bonds. The highest BCUT2D eigenvalue weighted by Gasteiger charge is 2.28. The molecule has 3 aromatic carbocycles. The molecule has 1 aliphatic heterocycles. The van der Waals surface area contributed by atoms with Gasteiger partial charge in [-0.05, 0) is 42.3 Å². The lowest BCUT2D eigenvalue weighted by molar-refractivity contribution is 0.0402. The number of hydrogen-bond donors (Lipinski definition) is 0. The molecule has 0 saturated carbocycles. The van der Waals surface area contributed by atoms with E-state index in [9.17, 15) is 13.6 Å². The molecular weight excluding hydrogens is 398 g/mol. The van der Waals surface area contributed by atoms with E-state index in [0.29, 0.717) is 12.0 Å². The van der Waals surface area contributed by atoms with Crippen molar-refractivity contribution in [1.29, 1.82) is 0 Å². The lowest BCUT2D eigenvalue weighted by Gasteiger charge is -2.25. The van der Waals surface area contributed by atoms with Crippen LogP contribution in [-0.2, 0) is 11.4 Å². The van der Waals surface area contributed by atoms with E-state index in [2.05, 4.69) is 5.16 Å². The van der Waals surface area contributed by atoms with E-state index in [0.717, 1.165) is 16.8 Å². The number of oxime groups is 1. The van der Waals surface area contributed by atoms with Gasteiger partial charge in [-0.3, -0.25) is 4.79 Å². The molecule has 1 atom stereocenters. The van der Waals surface area contributed by atoms with Crippen molar-refractivity contribution >= 4 is 11.6 Å². The Hall–Kier alpha value is -3.54. The van der Waals surface area contributed by atoms with Gasteiger partial charge in [0, 0.05) is 18.5 Å². The Morgan fingerprint density at radius 2 is 1.84 bits per heavy atom. The van der Waals surface area contributed by atoms with Crippen LogP contribution in [0.5, 0.6) is 0 Å². The molecule has 4 rings (SSSR count). The van der Waals surface area contributed by atoms with Crippen molar-refractivity contribution in [2.45, 2.75) is 26.0 Å². The monoisotopic (exact) mass is 420 g/mol. The van der Waals surface area contributed by atoms with Crippen molar-refractivity contribution in [3.05, 3.63) is 107 Å². The Bertz CT molecular complexity index is 1130. The molecule has 6 heteroatoms. The van der Waals surface area contributed by atoms with Crippen LogP contribution in [0.1, 0.15) is 33.5 Å². The minimum absolute atomic E-state index is 0.0306. The minimum atomic E-state index is -0.596. The molecule has 0 aliphatic carbocycles. The van der Waals surface area contributed by atoms with Crippen LogP contribution in [0.25, 0.3) is 0 Å². The molecule has 31 heavy (non-hydrogen) atoms.